The minimum atomic E-state index is -1.17. The van der Waals surface area contributed by atoms with Gasteiger partial charge in [-0.1, -0.05) is 13.8 Å². The molecule has 0 saturated heterocycles. The maximum Gasteiger partial charge on any atom is 0.407 e. The standard InChI is InChI=1S/C31H34F2N6O6.C24H29IN6O5/c1-7-17-14-18(8-9-19(17)28(40)38-21(29(41)44-6)15-36-30(42)45-31(2,3)4)37-26-27-35-16-22(39(27)13-12-34-26)20-10-11-23(43-5)25(33)24(20)32;1-6-14-11-15(29-19-20-27-13-18(25)31(20)10-9-26-19)7-8-16(14)21(32)30-17(22(33)35-5)12-28-23(34)36-24(2,3)4/h8-14,16,21H,7,15H2,1-6H3,(H,34,37)(H,36,42)(H,38,40);7-11,13,17H,6,12H2,1-5H3,(H,26,29)(H,28,34)(H,30,32)/t21-;17-/m00/s1. The van der Waals surface area contributed by atoms with Crippen LogP contribution in [0.25, 0.3) is 22.6 Å². The summed E-state index contributed by atoms with van der Waals surface area (Å²) in [6, 6.07) is 10.7. The molecule has 0 aliphatic heterocycles. The Morgan fingerprint density at radius 3 is 1.52 bits per heavy atom. The van der Waals surface area contributed by atoms with Crippen molar-refractivity contribution in [2.24, 2.45) is 0 Å². The lowest BCUT2D eigenvalue weighted by Crippen LogP contribution is -2.49. The lowest BCUT2D eigenvalue weighted by molar-refractivity contribution is -0.143. The van der Waals surface area contributed by atoms with Gasteiger partial charge in [0, 0.05) is 52.9 Å². The minimum Gasteiger partial charge on any atom is -0.494 e. The van der Waals surface area contributed by atoms with Crippen LogP contribution < -0.4 is 36.6 Å². The number of rotatable bonds is 18. The van der Waals surface area contributed by atoms with E-state index >= 15 is 0 Å². The Balaban J connectivity index is 0.000000268. The summed E-state index contributed by atoms with van der Waals surface area (Å²) in [5, 5.41) is 16.6. The molecule has 81 heavy (non-hydrogen) atoms. The molecule has 4 amide bonds. The van der Waals surface area contributed by atoms with Crippen molar-refractivity contribution >= 4 is 92.8 Å². The zero-order chi connectivity index (χ0) is 59.3. The van der Waals surface area contributed by atoms with Crippen LogP contribution in [0.1, 0.15) is 87.2 Å². The predicted octanol–water partition coefficient (Wildman–Crippen LogP) is 8.22. The van der Waals surface area contributed by atoms with Crippen molar-refractivity contribution in [1.82, 2.24) is 50.0 Å². The third-order valence-electron chi connectivity index (χ3n) is 11.6. The number of amides is 4. The average Bonchev–Trinajstić information content (AvgIpc) is 4.06. The Kier molecular flexibility index (Phi) is 20.5. The molecule has 0 aliphatic rings. The largest absolute Gasteiger partial charge is 0.494 e. The maximum absolute atomic E-state index is 14.8. The van der Waals surface area contributed by atoms with Crippen molar-refractivity contribution in [3.8, 4) is 17.0 Å². The lowest BCUT2D eigenvalue weighted by Gasteiger charge is -2.22. The van der Waals surface area contributed by atoms with Crippen molar-refractivity contribution in [1.29, 1.82) is 0 Å². The molecule has 0 fully saturated rings. The van der Waals surface area contributed by atoms with E-state index in [9.17, 15) is 37.5 Å². The van der Waals surface area contributed by atoms with E-state index in [0.717, 1.165) is 15.0 Å². The number of nitrogens with zero attached hydrogens (tertiary/aromatic N) is 6. The number of benzene rings is 3. The number of methoxy groups -OCH3 is 3. The van der Waals surface area contributed by atoms with Crippen molar-refractivity contribution in [2.75, 3.05) is 45.1 Å². The van der Waals surface area contributed by atoms with E-state index in [0.29, 0.717) is 63.8 Å². The number of imidazole rings is 2. The molecule has 6 N–H and O–H groups in total. The van der Waals surface area contributed by atoms with E-state index in [1.54, 1.807) is 94.9 Å². The van der Waals surface area contributed by atoms with Gasteiger partial charge in [0.05, 0.1) is 52.5 Å². The summed E-state index contributed by atoms with van der Waals surface area (Å²) in [5.74, 6) is -3.93. The summed E-state index contributed by atoms with van der Waals surface area (Å²) in [7, 11) is 3.64. The first-order valence-electron chi connectivity index (χ1n) is 25.2. The highest BCUT2D eigenvalue weighted by atomic mass is 127. The van der Waals surface area contributed by atoms with Crippen LogP contribution in [-0.4, -0.2) is 122 Å². The van der Waals surface area contributed by atoms with Crippen LogP contribution in [0, 0.1) is 15.3 Å². The van der Waals surface area contributed by atoms with Gasteiger partial charge in [-0.15, -0.1) is 0 Å². The Hall–Kier alpha value is -8.69. The number of fused-ring (bicyclic) bond motifs is 2. The summed E-state index contributed by atoms with van der Waals surface area (Å²) < 4.78 is 58.5. The molecule has 0 aliphatic carbocycles. The Morgan fingerprint density at radius 2 is 1.07 bits per heavy atom. The molecule has 2 atom stereocenters. The van der Waals surface area contributed by atoms with Gasteiger partial charge >= 0.3 is 24.1 Å². The van der Waals surface area contributed by atoms with E-state index in [-0.39, 0.29) is 24.4 Å². The molecule has 0 spiro atoms. The zero-order valence-electron chi connectivity index (χ0n) is 46.4. The predicted molar refractivity (Wildman–Crippen MR) is 304 cm³/mol. The molecule has 430 valence electrons. The fourth-order valence-electron chi connectivity index (χ4n) is 7.86. The van der Waals surface area contributed by atoms with Crippen molar-refractivity contribution in [3.63, 3.8) is 0 Å². The number of alkyl carbamates (subject to hydrolysis) is 2. The molecule has 7 rings (SSSR count). The van der Waals surface area contributed by atoms with Crippen LogP contribution in [0.5, 0.6) is 5.75 Å². The average molecular weight is 1230 g/mol. The highest BCUT2D eigenvalue weighted by molar-refractivity contribution is 14.1. The first-order valence-corrected chi connectivity index (χ1v) is 26.3. The second kappa shape index (κ2) is 27.0. The molecule has 0 saturated carbocycles. The number of aromatic nitrogens is 6. The van der Waals surface area contributed by atoms with Crippen LogP contribution in [-0.2, 0) is 41.4 Å². The summed E-state index contributed by atoms with van der Waals surface area (Å²) >= 11 is 2.19. The first kappa shape index (κ1) is 61.5. The number of esters is 2. The highest BCUT2D eigenvalue weighted by Crippen LogP contribution is 2.32. The monoisotopic (exact) mass is 1230 g/mol. The molecule has 26 heteroatoms. The summed E-state index contributed by atoms with van der Waals surface area (Å²) in [6.45, 7) is 13.6. The van der Waals surface area contributed by atoms with Crippen LogP contribution in [0.15, 0.2) is 85.7 Å². The summed E-state index contributed by atoms with van der Waals surface area (Å²) in [5.41, 5.74) is 3.30. The van der Waals surface area contributed by atoms with Crippen LogP contribution >= 0.6 is 22.6 Å². The number of ether oxygens (including phenoxy) is 5. The van der Waals surface area contributed by atoms with Gasteiger partial charge in [-0.05, 0) is 137 Å². The third-order valence-corrected chi connectivity index (χ3v) is 12.4. The molecule has 3 aromatic carbocycles. The summed E-state index contributed by atoms with van der Waals surface area (Å²) in [6.07, 6.45) is 9.31. The van der Waals surface area contributed by atoms with Gasteiger partial charge in [0.15, 0.2) is 34.5 Å². The van der Waals surface area contributed by atoms with Gasteiger partial charge in [-0.2, -0.15) is 4.39 Å². The van der Waals surface area contributed by atoms with E-state index < -0.39 is 70.9 Å². The van der Waals surface area contributed by atoms with Gasteiger partial charge < -0.3 is 55.6 Å². The molecular weight excluding hydrogens is 1170 g/mol. The van der Waals surface area contributed by atoms with Gasteiger partial charge in [-0.3, -0.25) is 18.4 Å². The fourth-order valence-corrected chi connectivity index (χ4v) is 8.39. The smallest absolute Gasteiger partial charge is 0.407 e. The van der Waals surface area contributed by atoms with Crippen LogP contribution in [0.3, 0.4) is 0 Å². The number of hydrogen-bond acceptors (Lipinski definition) is 17. The number of hydrogen-bond donors (Lipinski definition) is 6. The SMILES string of the molecule is CCc1cc(Nc2nccn3c(-c4ccc(OC)c(F)c4F)cnc23)ccc1C(=O)N[C@@H](CNC(=O)OC(C)(C)C)C(=O)OC.CCc1cc(Nc2nccn3c(I)cnc23)ccc1C(=O)N[C@@H](CNC(=O)OC(C)(C)C)C(=O)OC. The van der Waals surface area contributed by atoms with Crippen molar-refractivity contribution in [2.45, 2.75) is 91.5 Å². The van der Waals surface area contributed by atoms with E-state index in [4.69, 9.17) is 23.7 Å². The zero-order valence-corrected chi connectivity index (χ0v) is 48.5. The maximum atomic E-state index is 14.8. The van der Waals surface area contributed by atoms with E-state index in [1.807, 2.05) is 30.5 Å². The molecule has 0 radical (unpaired) electrons. The van der Waals surface area contributed by atoms with Gasteiger partial charge in [0.25, 0.3) is 11.8 Å². The molecule has 7 aromatic rings. The molecular formula is C55H63F2IN12O11. The van der Waals surface area contributed by atoms with E-state index in [1.165, 1.54) is 45.9 Å². The Bertz CT molecular complexity index is 3450. The molecule has 0 bridgehead atoms. The second-order valence-electron chi connectivity index (χ2n) is 19.7. The number of carbonyl (C=O) groups is 6. The Labute approximate surface area is 478 Å². The number of anilines is 4. The number of nitrogens with one attached hydrogen (secondary N) is 6. The topological polar surface area (TPSA) is 281 Å². The second-order valence-corrected chi connectivity index (χ2v) is 20.8. The quantitative estimate of drug-likeness (QED) is 0.0268. The first-order chi connectivity index (χ1) is 38.4. The van der Waals surface area contributed by atoms with E-state index in [2.05, 4.69) is 74.4 Å². The third kappa shape index (κ3) is 16.0. The number of halogens is 3. The molecule has 23 nitrogen and oxygen atoms in total. The minimum absolute atomic E-state index is 0.00635. The van der Waals surface area contributed by atoms with Gasteiger partial charge in [0.1, 0.15) is 27.0 Å². The summed E-state index contributed by atoms with van der Waals surface area (Å²) in [4.78, 5) is 92.4. The van der Waals surface area contributed by atoms with Gasteiger partial charge in [-0.25, -0.2) is 43.5 Å². The van der Waals surface area contributed by atoms with Gasteiger partial charge in [0.2, 0.25) is 5.82 Å². The van der Waals surface area contributed by atoms with Crippen molar-refractivity contribution < 1.29 is 61.2 Å². The lowest BCUT2D eigenvalue weighted by atomic mass is 10.0. The Morgan fingerprint density at radius 1 is 0.617 bits per heavy atom. The molecule has 4 heterocycles. The highest BCUT2D eigenvalue weighted by Gasteiger charge is 2.28. The molecule has 4 aromatic heterocycles. The normalized spacial score (nSPS) is 12.0. The molecule has 0 unspecified atom stereocenters. The van der Waals surface area contributed by atoms with Crippen LogP contribution in [0.2, 0.25) is 0 Å². The van der Waals surface area contributed by atoms with Crippen molar-refractivity contribution in [3.05, 3.63) is 123 Å². The number of aryl methyl sites for hydroxylation is 2. The number of carbonyl (C=O) groups excluding carboxylic acids is 6. The fraction of sp³-hybridized carbons (Fsp3) is 0.345. The van der Waals surface area contributed by atoms with Crippen LogP contribution in [0.4, 0.5) is 41.4 Å².